The van der Waals surface area contributed by atoms with Gasteiger partial charge in [0.25, 0.3) is 0 Å². The van der Waals surface area contributed by atoms with E-state index in [-0.39, 0.29) is 5.92 Å². The maximum absolute atomic E-state index is 12.2. The first-order valence-electron chi connectivity index (χ1n) is 6.02. The summed E-state index contributed by atoms with van der Waals surface area (Å²) in [6.45, 7) is 3.01. The summed E-state index contributed by atoms with van der Waals surface area (Å²) in [4.78, 5) is 18.5. The number of anilines is 1. The molecule has 2 atom stereocenters. The van der Waals surface area contributed by atoms with Gasteiger partial charge in [0.15, 0.2) is 0 Å². The van der Waals surface area contributed by atoms with E-state index in [0.717, 1.165) is 37.2 Å². The molecular weight excluding hydrogens is 200 g/mol. The van der Waals surface area contributed by atoms with E-state index >= 15 is 0 Å². The van der Waals surface area contributed by atoms with Gasteiger partial charge in [-0.25, -0.2) is 0 Å². The second-order valence-corrected chi connectivity index (χ2v) is 4.88. The van der Waals surface area contributed by atoms with Gasteiger partial charge in [0.05, 0.1) is 11.4 Å². The van der Waals surface area contributed by atoms with Gasteiger partial charge in [0.2, 0.25) is 5.91 Å². The number of amides is 1. The summed E-state index contributed by atoms with van der Waals surface area (Å²) in [6.07, 6.45) is 4.91. The molecule has 1 amide bonds. The molecule has 0 N–H and O–H groups in total. The lowest BCUT2D eigenvalue weighted by Crippen LogP contribution is -2.37. The van der Waals surface area contributed by atoms with Crippen molar-refractivity contribution in [3.05, 3.63) is 24.0 Å². The van der Waals surface area contributed by atoms with Crippen LogP contribution >= 0.6 is 0 Å². The van der Waals surface area contributed by atoms with E-state index in [1.807, 2.05) is 23.2 Å². The van der Waals surface area contributed by atoms with E-state index in [2.05, 4.69) is 11.9 Å². The number of carbonyl (C=O) groups is 1. The molecule has 16 heavy (non-hydrogen) atoms. The molecule has 3 rings (SSSR count). The van der Waals surface area contributed by atoms with Gasteiger partial charge in [0, 0.05) is 18.7 Å². The highest BCUT2D eigenvalue weighted by Gasteiger charge is 2.42. The van der Waals surface area contributed by atoms with Gasteiger partial charge in [-0.05, 0) is 37.3 Å². The first kappa shape index (κ1) is 9.82. The van der Waals surface area contributed by atoms with Crippen molar-refractivity contribution in [3.8, 4) is 0 Å². The number of pyridine rings is 1. The lowest BCUT2D eigenvalue weighted by atomic mass is 10.1. The number of aryl methyl sites for hydroxylation is 1. The van der Waals surface area contributed by atoms with E-state index in [9.17, 15) is 4.79 Å². The Morgan fingerprint density at radius 2 is 2.38 bits per heavy atom. The molecule has 1 aliphatic carbocycles. The van der Waals surface area contributed by atoms with Crippen LogP contribution in [0.3, 0.4) is 0 Å². The average Bonchev–Trinajstić information content (AvgIpc) is 3.05. The van der Waals surface area contributed by atoms with Crippen LogP contribution in [0.15, 0.2) is 18.3 Å². The smallest absolute Gasteiger partial charge is 0.230 e. The van der Waals surface area contributed by atoms with Gasteiger partial charge in [-0.1, -0.05) is 6.92 Å². The minimum absolute atomic E-state index is 0.270. The number of hydrogen-bond donors (Lipinski definition) is 0. The minimum atomic E-state index is 0.270. The summed E-state index contributed by atoms with van der Waals surface area (Å²) in [5.74, 6) is 1.15. The Hall–Kier alpha value is -1.38. The maximum atomic E-state index is 12.2. The van der Waals surface area contributed by atoms with Gasteiger partial charge in [-0.15, -0.1) is 0 Å². The van der Waals surface area contributed by atoms with Crippen molar-refractivity contribution in [2.24, 2.45) is 11.8 Å². The second kappa shape index (κ2) is 3.58. The van der Waals surface area contributed by atoms with Crippen LogP contribution in [0, 0.1) is 11.8 Å². The van der Waals surface area contributed by atoms with E-state index in [1.54, 1.807) is 0 Å². The predicted molar refractivity (Wildman–Crippen MR) is 62.2 cm³/mol. The molecule has 0 saturated heterocycles. The lowest BCUT2D eigenvalue weighted by molar-refractivity contribution is -0.120. The quantitative estimate of drug-likeness (QED) is 0.719. The van der Waals surface area contributed by atoms with Gasteiger partial charge >= 0.3 is 0 Å². The molecule has 0 aromatic carbocycles. The Morgan fingerprint density at radius 1 is 1.56 bits per heavy atom. The highest BCUT2D eigenvalue weighted by molar-refractivity contribution is 5.97. The molecule has 0 radical (unpaired) electrons. The summed E-state index contributed by atoms with van der Waals surface area (Å²) in [5, 5.41) is 0. The van der Waals surface area contributed by atoms with Crippen LogP contribution in [0.25, 0.3) is 0 Å². The molecule has 2 aliphatic rings. The molecule has 84 valence electrons. The first-order chi connectivity index (χ1) is 7.77. The number of aromatic nitrogens is 1. The Labute approximate surface area is 95.5 Å². The average molecular weight is 216 g/mol. The monoisotopic (exact) mass is 216 g/mol. The number of carbonyl (C=O) groups excluding carboxylic acids is 1. The molecule has 1 aliphatic heterocycles. The molecule has 3 heteroatoms. The Balaban J connectivity index is 1.90. The predicted octanol–water partition coefficient (Wildman–Crippen LogP) is 2.02. The van der Waals surface area contributed by atoms with Crippen molar-refractivity contribution in [2.75, 3.05) is 11.4 Å². The van der Waals surface area contributed by atoms with Gasteiger partial charge in [-0.3, -0.25) is 9.78 Å². The molecule has 2 heterocycles. The fraction of sp³-hybridized carbons (Fsp3) is 0.538. The Morgan fingerprint density at radius 3 is 3.12 bits per heavy atom. The zero-order chi connectivity index (χ0) is 11.1. The zero-order valence-electron chi connectivity index (χ0n) is 9.52. The third-order valence-corrected chi connectivity index (χ3v) is 3.65. The van der Waals surface area contributed by atoms with Gasteiger partial charge in [0.1, 0.15) is 0 Å². The van der Waals surface area contributed by atoms with Crippen LogP contribution in [-0.2, 0) is 11.2 Å². The first-order valence-corrected chi connectivity index (χ1v) is 6.02. The molecule has 1 saturated carbocycles. The topological polar surface area (TPSA) is 33.2 Å². The normalized spacial score (nSPS) is 27.4. The van der Waals surface area contributed by atoms with E-state index in [1.165, 1.54) is 0 Å². The van der Waals surface area contributed by atoms with Crippen LogP contribution < -0.4 is 4.90 Å². The second-order valence-electron chi connectivity index (χ2n) is 4.88. The van der Waals surface area contributed by atoms with Gasteiger partial charge < -0.3 is 4.90 Å². The molecule has 3 nitrogen and oxygen atoms in total. The number of rotatable bonds is 1. The third kappa shape index (κ3) is 1.51. The van der Waals surface area contributed by atoms with E-state index < -0.39 is 0 Å². The molecular formula is C13H16N2O. The Kier molecular flexibility index (Phi) is 2.20. The van der Waals surface area contributed by atoms with Crippen LogP contribution in [-0.4, -0.2) is 17.4 Å². The Bertz CT molecular complexity index is 430. The van der Waals surface area contributed by atoms with E-state index in [0.29, 0.717) is 11.8 Å². The van der Waals surface area contributed by atoms with Crippen molar-refractivity contribution in [3.63, 3.8) is 0 Å². The number of nitrogens with zero attached hydrogens (tertiary/aromatic N) is 2. The molecule has 0 spiro atoms. The highest BCUT2D eigenvalue weighted by Crippen LogP contribution is 2.41. The summed E-state index contributed by atoms with van der Waals surface area (Å²) >= 11 is 0. The van der Waals surface area contributed by atoms with E-state index in [4.69, 9.17) is 0 Å². The van der Waals surface area contributed by atoms with Crippen molar-refractivity contribution in [1.29, 1.82) is 0 Å². The van der Waals surface area contributed by atoms with Crippen molar-refractivity contribution < 1.29 is 4.79 Å². The molecule has 1 fully saturated rings. The van der Waals surface area contributed by atoms with Crippen molar-refractivity contribution in [2.45, 2.75) is 26.2 Å². The summed E-state index contributed by atoms with van der Waals surface area (Å²) in [6, 6.07) is 3.94. The molecule has 0 unspecified atom stereocenters. The molecule has 1 aromatic rings. The largest absolute Gasteiger partial charge is 0.310 e. The summed E-state index contributed by atoms with van der Waals surface area (Å²) < 4.78 is 0. The highest BCUT2D eigenvalue weighted by atomic mass is 16.2. The zero-order valence-corrected chi connectivity index (χ0v) is 9.52. The van der Waals surface area contributed by atoms with Crippen LogP contribution in [0.4, 0.5) is 5.69 Å². The SMILES string of the molecule is C[C@@H]1C[C@H]1C(=O)N1CCCc2ncccc21. The standard InChI is InChI=1S/C13H16N2O/c1-9-8-10(9)13(16)15-7-3-4-11-12(15)5-2-6-14-11/h2,5-6,9-10H,3-4,7-8H2,1H3/t9-,10-/m1/s1. The lowest BCUT2D eigenvalue weighted by Gasteiger charge is -2.28. The molecule has 1 aromatic heterocycles. The summed E-state index contributed by atoms with van der Waals surface area (Å²) in [7, 11) is 0. The number of fused-ring (bicyclic) bond motifs is 1. The minimum Gasteiger partial charge on any atom is -0.310 e. The number of hydrogen-bond acceptors (Lipinski definition) is 2. The van der Waals surface area contributed by atoms with Crippen LogP contribution in [0.1, 0.15) is 25.5 Å². The maximum Gasteiger partial charge on any atom is 0.230 e. The fourth-order valence-corrected chi connectivity index (χ4v) is 2.49. The van der Waals surface area contributed by atoms with Crippen LogP contribution in [0.2, 0.25) is 0 Å². The third-order valence-electron chi connectivity index (χ3n) is 3.65. The molecule has 0 bridgehead atoms. The van der Waals surface area contributed by atoms with Crippen molar-refractivity contribution in [1.82, 2.24) is 4.98 Å². The summed E-state index contributed by atoms with van der Waals surface area (Å²) in [5.41, 5.74) is 2.12. The van der Waals surface area contributed by atoms with Gasteiger partial charge in [-0.2, -0.15) is 0 Å². The van der Waals surface area contributed by atoms with Crippen LogP contribution in [0.5, 0.6) is 0 Å². The van der Waals surface area contributed by atoms with Crippen molar-refractivity contribution >= 4 is 11.6 Å². The fourth-order valence-electron chi connectivity index (χ4n) is 2.49.